The molecule has 1 atom stereocenters. The average molecular weight is 413 g/mol. The highest BCUT2D eigenvalue weighted by Gasteiger charge is 2.21. The van der Waals surface area contributed by atoms with Crippen LogP contribution < -0.4 is 16.0 Å². The zero-order chi connectivity index (χ0) is 21.2. The molecule has 156 valence electrons. The Morgan fingerprint density at radius 2 is 2.00 bits per heavy atom. The molecule has 4 aromatic rings. The minimum absolute atomic E-state index is 0.132. The number of aromatic nitrogens is 4. The van der Waals surface area contributed by atoms with Crippen molar-refractivity contribution in [2.24, 2.45) is 5.73 Å². The third-order valence-corrected chi connectivity index (χ3v) is 5.51. The van der Waals surface area contributed by atoms with Gasteiger partial charge in [-0.2, -0.15) is 5.10 Å². The van der Waals surface area contributed by atoms with Gasteiger partial charge >= 0.3 is 0 Å². The Morgan fingerprint density at radius 3 is 2.90 bits per heavy atom. The number of para-hydroxylation sites is 1. The summed E-state index contributed by atoms with van der Waals surface area (Å²) in [5, 5.41) is 8.41. The van der Waals surface area contributed by atoms with E-state index in [1.165, 1.54) is 0 Å². The number of fused-ring (bicyclic) bond motifs is 1. The summed E-state index contributed by atoms with van der Waals surface area (Å²) in [5.74, 6) is 0.288. The van der Waals surface area contributed by atoms with Gasteiger partial charge in [0.15, 0.2) is 5.82 Å². The molecule has 0 saturated carbocycles. The van der Waals surface area contributed by atoms with Crippen molar-refractivity contribution in [3.05, 3.63) is 72.8 Å². The lowest BCUT2D eigenvalue weighted by atomic mass is 10.1. The number of carbonyl (C=O) groups excluding carboxylic acids is 1. The molecule has 1 unspecified atom stereocenters. The monoisotopic (exact) mass is 413 g/mol. The summed E-state index contributed by atoms with van der Waals surface area (Å²) in [6, 6.07) is 15.3. The number of hydrogen-bond donors (Lipinski definition) is 2. The molecule has 8 nitrogen and oxygen atoms in total. The summed E-state index contributed by atoms with van der Waals surface area (Å²) < 4.78 is 1.73. The van der Waals surface area contributed by atoms with Gasteiger partial charge in [0.1, 0.15) is 5.69 Å². The van der Waals surface area contributed by atoms with Crippen LogP contribution in [0.15, 0.2) is 67.1 Å². The molecule has 31 heavy (non-hydrogen) atoms. The van der Waals surface area contributed by atoms with Gasteiger partial charge in [-0.25, -0.2) is 9.67 Å². The molecule has 0 bridgehead atoms. The molecule has 3 N–H and O–H groups in total. The van der Waals surface area contributed by atoms with E-state index in [4.69, 9.17) is 5.73 Å². The third kappa shape index (κ3) is 3.85. The molecule has 8 heteroatoms. The maximum atomic E-state index is 13.0. The van der Waals surface area contributed by atoms with Crippen molar-refractivity contribution < 1.29 is 4.79 Å². The van der Waals surface area contributed by atoms with Gasteiger partial charge in [0.05, 0.1) is 29.3 Å². The Labute approximate surface area is 179 Å². The fourth-order valence-electron chi connectivity index (χ4n) is 4.00. The second kappa shape index (κ2) is 8.16. The zero-order valence-corrected chi connectivity index (χ0v) is 17.0. The number of anilines is 2. The fourth-order valence-corrected chi connectivity index (χ4v) is 4.00. The van der Waals surface area contributed by atoms with E-state index < -0.39 is 0 Å². The van der Waals surface area contributed by atoms with Crippen LogP contribution >= 0.6 is 0 Å². The van der Waals surface area contributed by atoms with Crippen LogP contribution in [-0.4, -0.2) is 44.8 Å². The average Bonchev–Trinajstić information content (AvgIpc) is 3.24. The van der Waals surface area contributed by atoms with Crippen LogP contribution in [0.2, 0.25) is 0 Å². The normalized spacial score (nSPS) is 16.4. The van der Waals surface area contributed by atoms with E-state index >= 15 is 0 Å². The predicted molar refractivity (Wildman–Crippen MR) is 120 cm³/mol. The second-order valence-electron chi connectivity index (χ2n) is 7.69. The lowest BCUT2D eigenvalue weighted by Crippen LogP contribution is -2.43. The molecule has 3 aromatic heterocycles. The molecule has 1 aliphatic heterocycles. The van der Waals surface area contributed by atoms with Crippen LogP contribution in [0.1, 0.15) is 23.3 Å². The molecule has 5 rings (SSSR count). The van der Waals surface area contributed by atoms with Gasteiger partial charge in [0.2, 0.25) is 0 Å². The number of nitrogens with two attached hydrogens (primary N) is 1. The summed E-state index contributed by atoms with van der Waals surface area (Å²) in [5.41, 5.74) is 8.96. The van der Waals surface area contributed by atoms with Gasteiger partial charge in [-0.1, -0.05) is 24.3 Å². The third-order valence-electron chi connectivity index (χ3n) is 5.51. The molecule has 1 saturated heterocycles. The van der Waals surface area contributed by atoms with E-state index in [9.17, 15) is 4.79 Å². The van der Waals surface area contributed by atoms with Crippen molar-refractivity contribution in [1.82, 2.24) is 19.7 Å². The number of nitrogens with one attached hydrogen (secondary N) is 1. The Bertz CT molecular complexity index is 1240. The molecular formula is C23H23N7O. The number of benzene rings is 1. The Balaban J connectivity index is 1.42. The molecule has 1 fully saturated rings. The Hall–Kier alpha value is -3.78. The van der Waals surface area contributed by atoms with Gasteiger partial charge in [0.25, 0.3) is 5.91 Å². The minimum atomic E-state index is -0.297. The lowest BCUT2D eigenvalue weighted by molar-refractivity contribution is 0.102. The molecule has 0 radical (unpaired) electrons. The van der Waals surface area contributed by atoms with Crippen molar-refractivity contribution >= 4 is 28.2 Å². The first-order chi connectivity index (χ1) is 15.2. The van der Waals surface area contributed by atoms with Crippen LogP contribution in [0.3, 0.4) is 0 Å². The largest absolute Gasteiger partial charge is 0.368 e. The maximum Gasteiger partial charge on any atom is 0.274 e. The van der Waals surface area contributed by atoms with Crippen LogP contribution in [0.4, 0.5) is 11.4 Å². The highest BCUT2D eigenvalue weighted by molar-refractivity contribution is 6.04. The van der Waals surface area contributed by atoms with E-state index in [1.54, 1.807) is 29.3 Å². The molecule has 0 aliphatic carbocycles. The molecule has 1 amide bonds. The topological polar surface area (TPSA) is 102 Å². The van der Waals surface area contributed by atoms with E-state index in [1.807, 2.05) is 42.5 Å². The number of rotatable bonds is 4. The number of nitrogens with zero attached hydrogens (tertiary/aromatic N) is 5. The lowest BCUT2D eigenvalue weighted by Gasteiger charge is -2.33. The first kappa shape index (κ1) is 19.2. The van der Waals surface area contributed by atoms with Gasteiger partial charge in [0, 0.05) is 30.7 Å². The molecular weight excluding hydrogens is 390 g/mol. The Morgan fingerprint density at radius 1 is 1.10 bits per heavy atom. The summed E-state index contributed by atoms with van der Waals surface area (Å²) in [6.45, 7) is 1.66. The van der Waals surface area contributed by atoms with Crippen LogP contribution in [0, 0.1) is 0 Å². The number of amides is 1. The van der Waals surface area contributed by atoms with Crippen molar-refractivity contribution in [2.45, 2.75) is 18.9 Å². The van der Waals surface area contributed by atoms with Gasteiger partial charge in [-0.15, -0.1) is 0 Å². The van der Waals surface area contributed by atoms with Gasteiger partial charge < -0.3 is 16.0 Å². The standard InChI is InChI=1S/C23H23N7O/c24-17-6-4-12-29(15-17)21-10-11-25-14-19(21)28-23(31)18-7-3-9-22(27-18)30-20-8-2-1-5-16(20)13-26-30/h1-3,5,7-11,13-14,17H,4,6,12,15,24H2,(H,28,31). The van der Waals surface area contributed by atoms with E-state index in [0.717, 1.165) is 42.5 Å². The summed E-state index contributed by atoms with van der Waals surface area (Å²) in [7, 11) is 0. The van der Waals surface area contributed by atoms with Gasteiger partial charge in [-0.3, -0.25) is 9.78 Å². The van der Waals surface area contributed by atoms with Crippen molar-refractivity contribution in [2.75, 3.05) is 23.3 Å². The first-order valence-corrected chi connectivity index (χ1v) is 10.3. The van der Waals surface area contributed by atoms with Crippen LogP contribution in [0.5, 0.6) is 0 Å². The zero-order valence-electron chi connectivity index (χ0n) is 17.0. The number of pyridine rings is 2. The van der Waals surface area contributed by atoms with Crippen molar-refractivity contribution in [3.63, 3.8) is 0 Å². The second-order valence-corrected chi connectivity index (χ2v) is 7.69. The summed E-state index contributed by atoms with van der Waals surface area (Å²) in [4.78, 5) is 24.0. The quantitative estimate of drug-likeness (QED) is 0.533. The van der Waals surface area contributed by atoms with Gasteiger partial charge in [-0.05, 0) is 37.1 Å². The highest BCUT2D eigenvalue weighted by Crippen LogP contribution is 2.27. The molecule has 1 aliphatic rings. The van der Waals surface area contributed by atoms with Crippen LogP contribution in [0.25, 0.3) is 16.7 Å². The summed E-state index contributed by atoms with van der Waals surface area (Å²) in [6.07, 6.45) is 7.22. The molecule has 1 aromatic carbocycles. The smallest absolute Gasteiger partial charge is 0.274 e. The van der Waals surface area contributed by atoms with Crippen molar-refractivity contribution in [3.8, 4) is 5.82 Å². The first-order valence-electron chi connectivity index (χ1n) is 10.3. The van der Waals surface area contributed by atoms with Crippen molar-refractivity contribution in [1.29, 1.82) is 0 Å². The number of carbonyl (C=O) groups is 1. The summed E-state index contributed by atoms with van der Waals surface area (Å²) >= 11 is 0. The van der Waals surface area contributed by atoms with E-state index in [-0.39, 0.29) is 11.9 Å². The minimum Gasteiger partial charge on any atom is -0.368 e. The molecule has 0 spiro atoms. The molecule has 4 heterocycles. The number of piperidine rings is 1. The predicted octanol–water partition coefficient (Wildman–Crippen LogP) is 3.00. The SMILES string of the molecule is NC1CCCN(c2ccncc2NC(=O)c2cccc(-n3ncc4ccccc43)n2)C1. The van der Waals surface area contributed by atoms with Crippen LogP contribution in [-0.2, 0) is 0 Å². The highest BCUT2D eigenvalue weighted by atomic mass is 16.1. The number of hydrogen-bond acceptors (Lipinski definition) is 6. The Kier molecular flexibility index (Phi) is 5.05. The van der Waals surface area contributed by atoms with E-state index in [0.29, 0.717) is 17.2 Å². The van der Waals surface area contributed by atoms with E-state index in [2.05, 4.69) is 25.3 Å². The fraction of sp³-hybridized carbons (Fsp3) is 0.217. The maximum absolute atomic E-state index is 13.0.